The highest BCUT2D eigenvalue weighted by Crippen LogP contribution is 2.16. The van der Waals surface area contributed by atoms with Gasteiger partial charge in [-0.15, -0.1) is 10.2 Å². The zero-order chi connectivity index (χ0) is 13.9. The van der Waals surface area contributed by atoms with E-state index < -0.39 is 15.9 Å². The second-order valence-electron chi connectivity index (χ2n) is 4.42. The van der Waals surface area contributed by atoms with E-state index in [1.165, 1.54) is 6.26 Å². The maximum atomic E-state index is 11.2. The van der Waals surface area contributed by atoms with Gasteiger partial charge in [-0.1, -0.05) is 18.2 Å². The third-order valence-corrected chi connectivity index (χ3v) is 3.72. The van der Waals surface area contributed by atoms with Crippen LogP contribution in [0.5, 0.6) is 0 Å². The third kappa shape index (κ3) is 3.62. The lowest BCUT2D eigenvalue weighted by Gasteiger charge is -2.12. The van der Waals surface area contributed by atoms with Crippen LogP contribution in [0, 0.1) is 0 Å². The zero-order valence-corrected chi connectivity index (χ0v) is 11.4. The fourth-order valence-corrected chi connectivity index (χ4v) is 2.44. The van der Waals surface area contributed by atoms with Crippen LogP contribution in [0.1, 0.15) is 18.3 Å². The highest BCUT2D eigenvalue weighted by Gasteiger charge is 2.16. The number of sulfone groups is 1. The van der Waals surface area contributed by atoms with Crippen LogP contribution in [-0.2, 0) is 9.84 Å². The largest absolute Gasteiger partial charge is 0.321 e. The Bertz CT molecular complexity index is 637. The lowest BCUT2D eigenvalue weighted by molar-refractivity contribution is 0.583. The van der Waals surface area contributed by atoms with Crippen molar-refractivity contribution in [1.82, 2.24) is 14.8 Å². The van der Waals surface area contributed by atoms with Gasteiger partial charge in [0.05, 0.1) is 11.8 Å². The number of aromatic nitrogens is 3. The van der Waals surface area contributed by atoms with Gasteiger partial charge in [0.2, 0.25) is 0 Å². The SMILES string of the molecule is CS(=O)(=O)CCC(N)c1nncn1-c1ccccc1. The van der Waals surface area contributed by atoms with Crippen LogP contribution in [0.4, 0.5) is 0 Å². The van der Waals surface area contributed by atoms with Crippen LogP contribution >= 0.6 is 0 Å². The van der Waals surface area contributed by atoms with Crippen LogP contribution in [0.15, 0.2) is 36.7 Å². The summed E-state index contributed by atoms with van der Waals surface area (Å²) in [5.74, 6) is 0.602. The van der Waals surface area contributed by atoms with Gasteiger partial charge < -0.3 is 5.73 Å². The van der Waals surface area contributed by atoms with Gasteiger partial charge >= 0.3 is 0 Å². The van der Waals surface area contributed by atoms with E-state index in [2.05, 4.69) is 10.2 Å². The van der Waals surface area contributed by atoms with Crippen LogP contribution in [-0.4, -0.2) is 35.2 Å². The van der Waals surface area contributed by atoms with Crippen molar-refractivity contribution in [2.45, 2.75) is 12.5 Å². The summed E-state index contributed by atoms with van der Waals surface area (Å²) in [4.78, 5) is 0. The Hall–Kier alpha value is -1.73. The van der Waals surface area contributed by atoms with E-state index in [0.717, 1.165) is 5.69 Å². The number of nitrogens with two attached hydrogens (primary N) is 1. The molecule has 2 N–H and O–H groups in total. The van der Waals surface area contributed by atoms with Crippen LogP contribution in [0.3, 0.4) is 0 Å². The number of benzene rings is 1. The summed E-state index contributed by atoms with van der Waals surface area (Å²) in [6, 6.07) is 9.09. The zero-order valence-electron chi connectivity index (χ0n) is 10.6. The van der Waals surface area contributed by atoms with Crippen LogP contribution in [0.25, 0.3) is 5.69 Å². The molecule has 0 spiro atoms. The summed E-state index contributed by atoms with van der Waals surface area (Å²) >= 11 is 0. The van der Waals surface area contributed by atoms with Gasteiger partial charge in [0.1, 0.15) is 16.2 Å². The molecule has 2 rings (SSSR count). The summed E-state index contributed by atoms with van der Waals surface area (Å²) in [5, 5.41) is 7.83. The number of hydrogen-bond acceptors (Lipinski definition) is 5. The molecule has 0 aliphatic rings. The first-order chi connectivity index (χ1) is 8.97. The number of hydrogen-bond donors (Lipinski definition) is 1. The van der Waals surface area contributed by atoms with Gasteiger partial charge in [-0.2, -0.15) is 0 Å². The Morgan fingerprint density at radius 1 is 1.32 bits per heavy atom. The van der Waals surface area contributed by atoms with E-state index in [9.17, 15) is 8.42 Å². The topological polar surface area (TPSA) is 90.9 Å². The van der Waals surface area contributed by atoms with Crippen molar-refractivity contribution >= 4 is 9.84 Å². The summed E-state index contributed by atoms with van der Waals surface area (Å²) in [6.07, 6.45) is 3.09. The van der Waals surface area contributed by atoms with E-state index in [1.807, 2.05) is 30.3 Å². The lowest BCUT2D eigenvalue weighted by atomic mass is 10.2. The molecule has 0 saturated carbocycles. The Morgan fingerprint density at radius 3 is 2.63 bits per heavy atom. The van der Waals surface area contributed by atoms with E-state index in [-0.39, 0.29) is 5.75 Å². The second-order valence-corrected chi connectivity index (χ2v) is 6.68. The lowest BCUT2D eigenvalue weighted by Crippen LogP contribution is -2.19. The standard InChI is InChI=1S/C12H16N4O2S/c1-19(17,18)8-7-11(13)12-15-14-9-16(12)10-5-3-2-4-6-10/h2-6,9,11H,7-8,13H2,1H3. The summed E-state index contributed by atoms with van der Waals surface area (Å²) in [7, 11) is -3.03. The van der Waals surface area contributed by atoms with Gasteiger partial charge in [-0.05, 0) is 18.6 Å². The average Bonchev–Trinajstić information content (AvgIpc) is 2.85. The molecule has 0 bridgehead atoms. The molecule has 0 radical (unpaired) electrons. The molecular formula is C12H16N4O2S. The van der Waals surface area contributed by atoms with Gasteiger partial charge in [0.25, 0.3) is 0 Å². The molecule has 0 fully saturated rings. The fourth-order valence-electron chi connectivity index (χ4n) is 1.75. The highest BCUT2D eigenvalue weighted by molar-refractivity contribution is 7.90. The minimum absolute atomic E-state index is 0.0375. The first-order valence-electron chi connectivity index (χ1n) is 5.86. The van der Waals surface area contributed by atoms with E-state index in [0.29, 0.717) is 12.2 Å². The molecule has 19 heavy (non-hydrogen) atoms. The maximum absolute atomic E-state index is 11.2. The van der Waals surface area contributed by atoms with Crippen molar-refractivity contribution in [3.8, 4) is 5.69 Å². The molecule has 2 aromatic rings. The van der Waals surface area contributed by atoms with Gasteiger partial charge in [0, 0.05) is 11.9 Å². The van der Waals surface area contributed by atoms with Crippen molar-refractivity contribution in [3.63, 3.8) is 0 Å². The normalized spacial score (nSPS) is 13.4. The molecular weight excluding hydrogens is 264 g/mol. The van der Waals surface area contributed by atoms with Crippen molar-refractivity contribution in [2.75, 3.05) is 12.0 Å². The molecule has 1 atom stereocenters. The van der Waals surface area contributed by atoms with E-state index >= 15 is 0 Å². The quantitative estimate of drug-likeness (QED) is 0.870. The summed E-state index contributed by atoms with van der Waals surface area (Å²) in [6.45, 7) is 0. The predicted octanol–water partition coefficient (Wildman–Crippen LogP) is 0.702. The van der Waals surface area contributed by atoms with E-state index in [4.69, 9.17) is 5.73 Å². The molecule has 0 aliphatic heterocycles. The average molecular weight is 280 g/mol. The number of rotatable bonds is 5. The molecule has 1 unspecified atom stereocenters. The Labute approximate surface area is 112 Å². The minimum Gasteiger partial charge on any atom is -0.321 e. The van der Waals surface area contributed by atoms with Crippen LogP contribution in [0.2, 0.25) is 0 Å². The molecule has 102 valence electrons. The molecule has 0 aliphatic carbocycles. The third-order valence-electron chi connectivity index (χ3n) is 2.74. The monoisotopic (exact) mass is 280 g/mol. The summed E-state index contributed by atoms with van der Waals surface area (Å²) in [5.41, 5.74) is 6.90. The fraction of sp³-hybridized carbons (Fsp3) is 0.333. The molecule has 0 amide bonds. The Kier molecular flexibility index (Phi) is 3.96. The van der Waals surface area contributed by atoms with E-state index in [1.54, 1.807) is 10.9 Å². The van der Waals surface area contributed by atoms with Gasteiger partial charge in [-0.3, -0.25) is 4.57 Å². The minimum atomic E-state index is -3.03. The van der Waals surface area contributed by atoms with Crippen molar-refractivity contribution in [1.29, 1.82) is 0 Å². The predicted molar refractivity (Wildman–Crippen MR) is 72.6 cm³/mol. The van der Waals surface area contributed by atoms with Gasteiger partial charge in [-0.25, -0.2) is 8.42 Å². The smallest absolute Gasteiger partial charge is 0.154 e. The molecule has 1 aromatic heterocycles. The number of para-hydroxylation sites is 1. The first kappa shape index (κ1) is 13.7. The Morgan fingerprint density at radius 2 is 2.00 bits per heavy atom. The van der Waals surface area contributed by atoms with Crippen molar-refractivity contribution in [2.24, 2.45) is 5.73 Å². The molecule has 1 heterocycles. The van der Waals surface area contributed by atoms with Crippen molar-refractivity contribution in [3.05, 3.63) is 42.5 Å². The molecule has 6 nitrogen and oxygen atoms in total. The van der Waals surface area contributed by atoms with Crippen molar-refractivity contribution < 1.29 is 8.42 Å². The Balaban J connectivity index is 2.20. The molecule has 0 saturated heterocycles. The first-order valence-corrected chi connectivity index (χ1v) is 7.92. The summed E-state index contributed by atoms with van der Waals surface area (Å²) < 4.78 is 24.1. The molecule has 1 aromatic carbocycles. The highest BCUT2D eigenvalue weighted by atomic mass is 32.2. The van der Waals surface area contributed by atoms with Gasteiger partial charge in [0.15, 0.2) is 5.82 Å². The molecule has 7 heteroatoms. The van der Waals surface area contributed by atoms with Crippen LogP contribution < -0.4 is 5.73 Å². The number of nitrogens with zero attached hydrogens (tertiary/aromatic N) is 3. The second kappa shape index (κ2) is 5.50. The maximum Gasteiger partial charge on any atom is 0.154 e.